The van der Waals surface area contributed by atoms with E-state index < -0.39 is 0 Å². The standard InChI is InChI=1S/C28H34N2O3/c1-27(2)12-13-28(3,4)25-18-22(19-30-15-6-14-29-30)21(17-24(25)27)11-16-33-23-9-7-20(8-10-23)26(31)32-5/h6-10,14-15,17-18H,11-13,16,19H2,1-5H3. The molecule has 3 aromatic rings. The number of carbonyl (C=O) groups is 1. The van der Waals surface area contributed by atoms with Gasteiger partial charge in [-0.15, -0.1) is 0 Å². The zero-order valence-electron chi connectivity index (χ0n) is 20.4. The highest BCUT2D eigenvalue weighted by atomic mass is 16.5. The number of ether oxygens (including phenoxy) is 2. The Labute approximate surface area is 196 Å². The smallest absolute Gasteiger partial charge is 0.337 e. The second-order valence-electron chi connectivity index (χ2n) is 10.3. The summed E-state index contributed by atoms with van der Waals surface area (Å²) in [6, 6.07) is 13.9. The molecule has 174 valence electrons. The maximum Gasteiger partial charge on any atom is 0.337 e. The number of aromatic nitrogens is 2. The topological polar surface area (TPSA) is 53.4 Å². The number of carbonyl (C=O) groups excluding carboxylic acids is 1. The third-order valence-electron chi connectivity index (χ3n) is 6.98. The lowest BCUT2D eigenvalue weighted by Gasteiger charge is -2.42. The van der Waals surface area contributed by atoms with Crippen LogP contribution in [-0.2, 0) is 28.5 Å². The number of rotatable bonds is 7. The van der Waals surface area contributed by atoms with E-state index in [4.69, 9.17) is 9.47 Å². The molecule has 0 unspecified atom stereocenters. The van der Waals surface area contributed by atoms with Crippen molar-refractivity contribution in [2.24, 2.45) is 0 Å². The fourth-order valence-corrected chi connectivity index (χ4v) is 4.74. The van der Waals surface area contributed by atoms with E-state index in [9.17, 15) is 4.79 Å². The molecule has 2 aromatic carbocycles. The van der Waals surface area contributed by atoms with Crippen molar-refractivity contribution in [2.75, 3.05) is 13.7 Å². The van der Waals surface area contributed by atoms with E-state index in [-0.39, 0.29) is 16.8 Å². The van der Waals surface area contributed by atoms with Crippen LogP contribution in [0.15, 0.2) is 54.9 Å². The van der Waals surface area contributed by atoms with Crippen molar-refractivity contribution in [2.45, 2.75) is 64.3 Å². The van der Waals surface area contributed by atoms with Crippen LogP contribution in [0.5, 0.6) is 5.75 Å². The number of hydrogen-bond donors (Lipinski definition) is 0. The van der Waals surface area contributed by atoms with Gasteiger partial charge in [0.15, 0.2) is 0 Å². The predicted octanol–water partition coefficient (Wildman–Crippen LogP) is 5.69. The maximum absolute atomic E-state index is 11.6. The Morgan fingerprint density at radius 3 is 2.21 bits per heavy atom. The van der Waals surface area contributed by atoms with Crippen LogP contribution in [-0.4, -0.2) is 29.5 Å². The average Bonchev–Trinajstić information content (AvgIpc) is 3.30. The monoisotopic (exact) mass is 446 g/mol. The Morgan fingerprint density at radius 1 is 1.00 bits per heavy atom. The van der Waals surface area contributed by atoms with Gasteiger partial charge >= 0.3 is 5.97 Å². The Kier molecular flexibility index (Phi) is 6.33. The molecule has 0 fully saturated rings. The largest absolute Gasteiger partial charge is 0.493 e. The van der Waals surface area contributed by atoms with Gasteiger partial charge in [0.1, 0.15) is 5.75 Å². The van der Waals surface area contributed by atoms with Crippen molar-refractivity contribution in [1.29, 1.82) is 0 Å². The Morgan fingerprint density at radius 2 is 1.64 bits per heavy atom. The molecule has 0 saturated carbocycles. The summed E-state index contributed by atoms with van der Waals surface area (Å²) < 4.78 is 12.8. The minimum atomic E-state index is -0.343. The summed E-state index contributed by atoms with van der Waals surface area (Å²) in [6.07, 6.45) is 7.02. The van der Waals surface area contributed by atoms with E-state index in [0.717, 1.165) is 18.7 Å². The van der Waals surface area contributed by atoms with Gasteiger partial charge in [0, 0.05) is 18.8 Å². The van der Waals surface area contributed by atoms with Gasteiger partial charge in [-0.2, -0.15) is 5.10 Å². The van der Waals surface area contributed by atoms with Crippen molar-refractivity contribution in [3.63, 3.8) is 0 Å². The van der Waals surface area contributed by atoms with Crippen LogP contribution in [0.2, 0.25) is 0 Å². The first-order valence-corrected chi connectivity index (χ1v) is 11.6. The second kappa shape index (κ2) is 9.05. The SMILES string of the molecule is COC(=O)c1ccc(OCCc2cc3c(cc2Cn2cccn2)C(C)(C)CCC3(C)C)cc1. The zero-order valence-corrected chi connectivity index (χ0v) is 20.4. The first kappa shape index (κ1) is 23.1. The minimum Gasteiger partial charge on any atom is -0.493 e. The normalized spacial score (nSPS) is 16.2. The molecule has 33 heavy (non-hydrogen) atoms. The van der Waals surface area contributed by atoms with Crippen LogP contribution in [0, 0.1) is 0 Å². The summed E-state index contributed by atoms with van der Waals surface area (Å²) in [5.41, 5.74) is 6.37. The molecule has 0 radical (unpaired) electrons. The number of esters is 1. The summed E-state index contributed by atoms with van der Waals surface area (Å²) in [6.45, 7) is 10.8. The fraction of sp³-hybridized carbons (Fsp3) is 0.429. The first-order valence-electron chi connectivity index (χ1n) is 11.6. The van der Waals surface area contributed by atoms with Crippen molar-refractivity contribution in [3.05, 3.63) is 82.7 Å². The number of hydrogen-bond acceptors (Lipinski definition) is 4. The Bertz CT molecular complexity index is 1110. The lowest BCUT2D eigenvalue weighted by Crippen LogP contribution is -2.34. The lowest BCUT2D eigenvalue weighted by atomic mass is 9.62. The van der Waals surface area contributed by atoms with E-state index in [0.29, 0.717) is 12.2 Å². The molecule has 1 aliphatic rings. The van der Waals surface area contributed by atoms with Gasteiger partial charge in [0.25, 0.3) is 0 Å². The Hall–Kier alpha value is -3.08. The molecular formula is C28H34N2O3. The molecule has 0 N–H and O–H groups in total. The maximum atomic E-state index is 11.6. The molecule has 0 saturated heterocycles. The van der Waals surface area contributed by atoms with E-state index in [2.05, 4.69) is 44.9 Å². The van der Waals surface area contributed by atoms with Crippen molar-refractivity contribution in [3.8, 4) is 5.75 Å². The van der Waals surface area contributed by atoms with Gasteiger partial charge < -0.3 is 9.47 Å². The molecule has 1 aromatic heterocycles. The molecule has 0 bridgehead atoms. The summed E-state index contributed by atoms with van der Waals surface area (Å²) in [7, 11) is 1.38. The molecule has 0 atom stereocenters. The highest BCUT2D eigenvalue weighted by Gasteiger charge is 2.37. The summed E-state index contributed by atoms with van der Waals surface area (Å²) in [5, 5.41) is 4.43. The second-order valence-corrected chi connectivity index (χ2v) is 10.3. The highest BCUT2D eigenvalue weighted by Crippen LogP contribution is 2.46. The summed E-state index contributed by atoms with van der Waals surface area (Å²) in [4.78, 5) is 11.6. The molecule has 5 nitrogen and oxygen atoms in total. The molecular weight excluding hydrogens is 412 g/mol. The van der Waals surface area contributed by atoms with Gasteiger partial charge in [0.2, 0.25) is 0 Å². The lowest BCUT2D eigenvalue weighted by molar-refractivity contribution is 0.0600. The molecule has 1 heterocycles. The molecule has 0 spiro atoms. The van der Waals surface area contributed by atoms with Gasteiger partial charge in [-0.25, -0.2) is 4.79 Å². The van der Waals surface area contributed by atoms with Gasteiger partial charge in [-0.3, -0.25) is 4.68 Å². The third-order valence-corrected chi connectivity index (χ3v) is 6.98. The van der Waals surface area contributed by atoms with Crippen molar-refractivity contribution >= 4 is 5.97 Å². The van der Waals surface area contributed by atoms with Crippen LogP contribution in [0.3, 0.4) is 0 Å². The van der Waals surface area contributed by atoms with Crippen LogP contribution in [0.4, 0.5) is 0 Å². The van der Waals surface area contributed by atoms with Crippen LogP contribution < -0.4 is 4.74 Å². The average molecular weight is 447 g/mol. The first-order chi connectivity index (χ1) is 15.7. The number of nitrogens with zero attached hydrogens (tertiary/aromatic N) is 2. The number of benzene rings is 2. The Balaban J connectivity index is 1.58. The number of fused-ring (bicyclic) bond motifs is 1. The zero-order chi connectivity index (χ0) is 23.6. The van der Waals surface area contributed by atoms with E-state index in [1.54, 1.807) is 12.1 Å². The van der Waals surface area contributed by atoms with E-state index in [1.165, 1.54) is 42.2 Å². The summed E-state index contributed by atoms with van der Waals surface area (Å²) >= 11 is 0. The van der Waals surface area contributed by atoms with E-state index >= 15 is 0 Å². The molecule has 1 aliphatic carbocycles. The third kappa shape index (κ3) is 4.97. The minimum absolute atomic E-state index is 0.161. The van der Waals surface area contributed by atoms with Gasteiger partial charge in [0.05, 0.1) is 25.8 Å². The van der Waals surface area contributed by atoms with Crippen LogP contribution >= 0.6 is 0 Å². The van der Waals surface area contributed by atoms with E-state index in [1.807, 2.05) is 35.3 Å². The molecule has 0 aliphatic heterocycles. The highest BCUT2D eigenvalue weighted by molar-refractivity contribution is 5.89. The van der Waals surface area contributed by atoms with Crippen LogP contribution in [0.25, 0.3) is 0 Å². The van der Waals surface area contributed by atoms with Gasteiger partial charge in [-0.1, -0.05) is 39.8 Å². The van der Waals surface area contributed by atoms with Gasteiger partial charge in [-0.05, 0) is 76.3 Å². The predicted molar refractivity (Wildman–Crippen MR) is 130 cm³/mol. The van der Waals surface area contributed by atoms with Crippen LogP contribution in [0.1, 0.15) is 73.1 Å². The molecule has 5 heteroatoms. The van der Waals surface area contributed by atoms with Crippen molar-refractivity contribution < 1.29 is 14.3 Å². The fourth-order valence-electron chi connectivity index (χ4n) is 4.74. The van der Waals surface area contributed by atoms with Crippen molar-refractivity contribution in [1.82, 2.24) is 9.78 Å². The molecule has 4 rings (SSSR count). The summed E-state index contributed by atoms with van der Waals surface area (Å²) in [5.74, 6) is 0.403. The quantitative estimate of drug-likeness (QED) is 0.438. The molecule has 0 amide bonds. The number of methoxy groups -OCH3 is 1.